The molecule has 13 heavy (non-hydrogen) atoms. The fourth-order valence-electron chi connectivity index (χ4n) is 1.72. The van der Waals surface area contributed by atoms with Crippen LogP contribution in [-0.4, -0.2) is 11.1 Å². The zero-order valence-corrected chi connectivity index (χ0v) is 8.25. The number of unbranched alkanes of at least 4 members (excludes halogenated alkanes) is 2. The van der Waals surface area contributed by atoms with Crippen molar-refractivity contribution in [1.29, 1.82) is 0 Å². The third-order valence-electron chi connectivity index (χ3n) is 2.69. The molecule has 0 bridgehead atoms. The molecule has 1 saturated carbocycles. The van der Waals surface area contributed by atoms with Gasteiger partial charge in [-0.1, -0.05) is 31.4 Å². The number of carboxylic acids is 1. The minimum absolute atomic E-state index is 0.331. The number of hydrogen-bond donors (Lipinski definition) is 1. The van der Waals surface area contributed by atoms with Crippen LogP contribution in [0.2, 0.25) is 0 Å². The van der Waals surface area contributed by atoms with Gasteiger partial charge in [-0.05, 0) is 25.2 Å². The molecule has 0 amide bonds. The second-order valence-corrected chi connectivity index (χ2v) is 3.75. The summed E-state index contributed by atoms with van der Waals surface area (Å²) in [6.07, 6.45) is 8.35. The van der Waals surface area contributed by atoms with E-state index < -0.39 is 5.97 Å². The predicted molar refractivity (Wildman–Crippen MR) is 52.6 cm³/mol. The smallest absolute Gasteiger partial charge is 0.303 e. The Labute approximate surface area is 79.6 Å². The van der Waals surface area contributed by atoms with E-state index >= 15 is 0 Å². The molecule has 0 radical (unpaired) electrons. The Bertz CT molecular complexity index is 206. The molecule has 0 spiro atoms. The third-order valence-corrected chi connectivity index (χ3v) is 2.69. The standard InChI is InChI=1S/C11H18O2/c1-2-3-4-5-9-6-7-10(9)8-11(12)13/h5,10H,2-4,6-8H2,1H3,(H,12,13). The van der Waals surface area contributed by atoms with Crippen molar-refractivity contribution in [2.75, 3.05) is 0 Å². The first-order chi connectivity index (χ1) is 6.24. The summed E-state index contributed by atoms with van der Waals surface area (Å²) in [6.45, 7) is 2.17. The highest BCUT2D eigenvalue weighted by atomic mass is 16.4. The molecule has 1 aliphatic carbocycles. The number of hydrogen-bond acceptors (Lipinski definition) is 1. The molecular weight excluding hydrogens is 164 g/mol. The number of carboxylic acid groups (broad SMARTS) is 1. The summed E-state index contributed by atoms with van der Waals surface area (Å²) in [7, 11) is 0. The summed E-state index contributed by atoms with van der Waals surface area (Å²) in [5, 5.41) is 8.61. The lowest BCUT2D eigenvalue weighted by Crippen LogP contribution is -2.19. The lowest BCUT2D eigenvalue weighted by molar-refractivity contribution is -0.138. The lowest BCUT2D eigenvalue weighted by atomic mass is 9.77. The zero-order chi connectivity index (χ0) is 9.68. The van der Waals surface area contributed by atoms with Crippen molar-refractivity contribution < 1.29 is 9.90 Å². The van der Waals surface area contributed by atoms with Crippen LogP contribution in [0.1, 0.15) is 45.4 Å². The molecular formula is C11H18O2. The van der Waals surface area contributed by atoms with Crippen LogP contribution in [0.5, 0.6) is 0 Å². The molecule has 0 aromatic carbocycles. The van der Waals surface area contributed by atoms with Gasteiger partial charge < -0.3 is 5.11 Å². The summed E-state index contributed by atoms with van der Waals surface area (Å²) in [5.41, 5.74) is 1.39. The fraction of sp³-hybridized carbons (Fsp3) is 0.727. The van der Waals surface area contributed by atoms with Crippen LogP contribution in [0.25, 0.3) is 0 Å². The summed E-state index contributed by atoms with van der Waals surface area (Å²) >= 11 is 0. The van der Waals surface area contributed by atoms with E-state index in [4.69, 9.17) is 5.11 Å². The van der Waals surface area contributed by atoms with Gasteiger partial charge in [-0.2, -0.15) is 0 Å². The minimum atomic E-state index is -0.661. The Kier molecular flexibility index (Phi) is 4.00. The van der Waals surface area contributed by atoms with Crippen LogP contribution < -0.4 is 0 Å². The van der Waals surface area contributed by atoms with E-state index in [1.165, 1.54) is 18.4 Å². The summed E-state index contributed by atoms with van der Waals surface area (Å²) in [6, 6.07) is 0. The second kappa shape index (κ2) is 5.05. The molecule has 0 aliphatic heterocycles. The highest BCUT2D eigenvalue weighted by Crippen LogP contribution is 2.36. The van der Waals surface area contributed by atoms with Gasteiger partial charge in [0.2, 0.25) is 0 Å². The maximum Gasteiger partial charge on any atom is 0.303 e. The largest absolute Gasteiger partial charge is 0.481 e. The first kappa shape index (κ1) is 10.3. The van der Waals surface area contributed by atoms with Crippen molar-refractivity contribution in [1.82, 2.24) is 0 Å². The van der Waals surface area contributed by atoms with Crippen LogP contribution in [0, 0.1) is 5.92 Å². The maximum absolute atomic E-state index is 10.5. The molecule has 0 saturated heterocycles. The van der Waals surface area contributed by atoms with Crippen LogP contribution in [0.4, 0.5) is 0 Å². The van der Waals surface area contributed by atoms with E-state index in [-0.39, 0.29) is 0 Å². The molecule has 0 aromatic heterocycles. The first-order valence-corrected chi connectivity index (χ1v) is 5.14. The lowest BCUT2D eigenvalue weighted by Gasteiger charge is -2.28. The first-order valence-electron chi connectivity index (χ1n) is 5.14. The predicted octanol–water partition coefficient (Wildman–Crippen LogP) is 2.99. The highest BCUT2D eigenvalue weighted by Gasteiger charge is 2.25. The summed E-state index contributed by atoms with van der Waals surface area (Å²) in [4.78, 5) is 10.5. The van der Waals surface area contributed by atoms with Crippen LogP contribution in [0.15, 0.2) is 11.6 Å². The SMILES string of the molecule is CCCCC=C1CCC1CC(=O)O. The number of rotatable bonds is 5. The van der Waals surface area contributed by atoms with Crippen molar-refractivity contribution in [3.05, 3.63) is 11.6 Å². The molecule has 1 rings (SSSR count). The molecule has 2 heteroatoms. The maximum atomic E-state index is 10.5. The van der Waals surface area contributed by atoms with Gasteiger partial charge in [0.15, 0.2) is 0 Å². The van der Waals surface area contributed by atoms with Gasteiger partial charge in [0.25, 0.3) is 0 Å². The monoisotopic (exact) mass is 182 g/mol. The van der Waals surface area contributed by atoms with Crippen molar-refractivity contribution >= 4 is 5.97 Å². The molecule has 1 unspecified atom stereocenters. The quantitative estimate of drug-likeness (QED) is 0.524. The molecule has 0 heterocycles. The molecule has 1 fully saturated rings. The second-order valence-electron chi connectivity index (χ2n) is 3.75. The molecule has 1 aliphatic rings. The van der Waals surface area contributed by atoms with Crippen LogP contribution in [-0.2, 0) is 4.79 Å². The molecule has 1 N–H and O–H groups in total. The Hall–Kier alpha value is -0.790. The van der Waals surface area contributed by atoms with Gasteiger partial charge in [-0.25, -0.2) is 0 Å². The van der Waals surface area contributed by atoms with Gasteiger partial charge in [-0.3, -0.25) is 4.79 Å². The van der Waals surface area contributed by atoms with E-state index in [0.717, 1.165) is 19.3 Å². The van der Waals surface area contributed by atoms with Crippen molar-refractivity contribution in [3.8, 4) is 0 Å². The van der Waals surface area contributed by atoms with E-state index in [1.54, 1.807) is 0 Å². The van der Waals surface area contributed by atoms with E-state index in [0.29, 0.717) is 12.3 Å². The molecule has 74 valence electrons. The van der Waals surface area contributed by atoms with Crippen molar-refractivity contribution in [2.45, 2.75) is 45.4 Å². The fourth-order valence-corrected chi connectivity index (χ4v) is 1.72. The van der Waals surface area contributed by atoms with Gasteiger partial charge in [-0.15, -0.1) is 0 Å². The van der Waals surface area contributed by atoms with Crippen LogP contribution in [0.3, 0.4) is 0 Å². The number of aliphatic carboxylic acids is 1. The summed E-state index contributed by atoms with van der Waals surface area (Å²) < 4.78 is 0. The van der Waals surface area contributed by atoms with E-state index in [1.807, 2.05) is 0 Å². The topological polar surface area (TPSA) is 37.3 Å². The Morgan fingerprint density at radius 2 is 2.46 bits per heavy atom. The van der Waals surface area contributed by atoms with Crippen LogP contribution >= 0.6 is 0 Å². The van der Waals surface area contributed by atoms with Gasteiger partial charge in [0.05, 0.1) is 6.42 Å². The molecule has 2 nitrogen and oxygen atoms in total. The normalized spacial score (nSPS) is 24.4. The van der Waals surface area contributed by atoms with Gasteiger partial charge in [0.1, 0.15) is 0 Å². The third kappa shape index (κ3) is 3.21. The average Bonchev–Trinajstić information content (AvgIpc) is 2.06. The Morgan fingerprint density at radius 3 is 2.92 bits per heavy atom. The van der Waals surface area contributed by atoms with E-state index in [9.17, 15) is 4.79 Å². The van der Waals surface area contributed by atoms with Crippen molar-refractivity contribution in [2.24, 2.45) is 5.92 Å². The Morgan fingerprint density at radius 1 is 1.69 bits per heavy atom. The molecule has 1 atom stereocenters. The summed E-state index contributed by atoms with van der Waals surface area (Å²) in [5.74, 6) is -0.305. The van der Waals surface area contributed by atoms with Crippen molar-refractivity contribution in [3.63, 3.8) is 0 Å². The Balaban J connectivity index is 2.27. The highest BCUT2D eigenvalue weighted by molar-refractivity contribution is 5.67. The average molecular weight is 182 g/mol. The number of allylic oxidation sites excluding steroid dienone is 2. The minimum Gasteiger partial charge on any atom is -0.481 e. The molecule has 0 aromatic rings. The van der Waals surface area contributed by atoms with Gasteiger partial charge in [0, 0.05) is 0 Å². The van der Waals surface area contributed by atoms with Gasteiger partial charge >= 0.3 is 5.97 Å². The number of carbonyl (C=O) groups is 1. The van der Waals surface area contributed by atoms with E-state index in [2.05, 4.69) is 13.0 Å². The zero-order valence-electron chi connectivity index (χ0n) is 8.25.